The van der Waals surface area contributed by atoms with Gasteiger partial charge in [-0.3, -0.25) is 0 Å². The van der Waals surface area contributed by atoms with E-state index in [-0.39, 0.29) is 0 Å². The fourth-order valence-electron chi connectivity index (χ4n) is 0.912. The van der Waals surface area contributed by atoms with Crippen LogP contribution >= 0.6 is 0 Å². The van der Waals surface area contributed by atoms with Gasteiger partial charge in [0, 0.05) is 0 Å². The molecular weight excluding hydrogens is 233 g/mol. The lowest BCUT2D eigenvalue weighted by molar-refractivity contribution is -0.390. The maximum absolute atomic E-state index is 12.1. The van der Waals surface area contributed by atoms with Crippen LogP contribution in [0.15, 0.2) is 12.1 Å². The van der Waals surface area contributed by atoms with E-state index < -0.39 is 34.1 Å². The predicted octanol–water partition coefficient (Wildman–Crippen LogP) is 1.71. The number of halogens is 3. The van der Waals surface area contributed by atoms with Crippen molar-refractivity contribution < 1.29 is 28.0 Å². The summed E-state index contributed by atoms with van der Waals surface area (Å²) >= 11 is 0. The van der Waals surface area contributed by atoms with Crippen molar-refractivity contribution >= 4 is 11.8 Å². The van der Waals surface area contributed by atoms with E-state index in [4.69, 9.17) is 5.11 Å². The van der Waals surface area contributed by atoms with Crippen molar-refractivity contribution in [3.05, 3.63) is 33.5 Å². The second-order valence-electron chi connectivity index (χ2n) is 2.63. The Hall–Kier alpha value is -2.19. The Balaban J connectivity index is 3.40. The number of alkyl halides is 3. The molecule has 0 aliphatic rings. The zero-order chi connectivity index (χ0) is 12.5. The Morgan fingerprint density at radius 2 is 2.00 bits per heavy atom. The molecule has 0 bridgehead atoms. The number of carboxylic acids is 1. The number of carbonyl (C=O) groups is 1. The lowest BCUT2D eigenvalue weighted by Crippen LogP contribution is -2.12. The van der Waals surface area contributed by atoms with E-state index in [1.807, 2.05) is 0 Å². The fourth-order valence-corrected chi connectivity index (χ4v) is 0.912. The molecule has 0 fully saturated rings. The molecule has 6 nitrogen and oxygen atoms in total. The Bertz CT molecular complexity index is 457. The number of aromatic nitrogens is 1. The van der Waals surface area contributed by atoms with Gasteiger partial charge < -0.3 is 15.2 Å². The Morgan fingerprint density at radius 3 is 2.38 bits per heavy atom. The van der Waals surface area contributed by atoms with Crippen LogP contribution in [0, 0.1) is 10.1 Å². The molecule has 1 heterocycles. The molecule has 86 valence electrons. The van der Waals surface area contributed by atoms with Gasteiger partial charge in [-0.25, -0.2) is 4.79 Å². The smallest absolute Gasteiger partial charge is 0.457 e. The number of rotatable bonds is 2. The number of pyridine rings is 1. The van der Waals surface area contributed by atoms with Gasteiger partial charge >= 0.3 is 18.0 Å². The maximum atomic E-state index is 12.1. The average Bonchev–Trinajstić information content (AvgIpc) is 2.15. The number of nitrogens with zero attached hydrogens (tertiary/aromatic N) is 2. The molecule has 0 saturated heterocycles. The van der Waals surface area contributed by atoms with E-state index in [2.05, 4.69) is 4.98 Å². The molecule has 1 aromatic heterocycles. The molecule has 0 amide bonds. The molecule has 9 heteroatoms. The van der Waals surface area contributed by atoms with Crippen LogP contribution in [0.25, 0.3) is 0 Å². The minimum absolute atomic E-state index is 0.371. The van der Waals surface area contributed by atoms with E-state index in [0.29, 0.717) is 12.1 Å². The third kappa shape index (κ3) is 2.24. The molecule has 0 aliphatic heterocycles. The molecule has 1 N–H and O–H groups in total. The van der Waals surface area contributed by atoms with Crippen molar-refractivity contribution in [3.63, 3.8) is 0 Å². The zero-order valence-electron chi connectivity index (χ0n) is 7.35. The van der Waals surface area contributed by atoms with Gasteiger partial charge in [-0.15, -0.1) is 0 Å². The van der Waals surface area contributed by atoms with E-state index in [0.717, 1.165) is 0 Å². The predicted molar refractivity (Wildman–Crippen MR) is 42.9 cm³/mol. The fraction of sp³-hybridized carbons (Fsp3) is 0.143. The Morgan fingerprint density at radius 1 is 1.44 bits per heavy atom. The average molecular weight is 236 g/mol. The van der Waals surface area contributed by atoms with Gasteiger partial charge in [0.1, 0.15) is 0 Å². The van der Waals surface area contributed by atoms with Gasteiger partial charge in [0.15, 0.2) is 5.56 Å². The topological polar surface area (TPSA) is 93.3 Å². The van der Waals surface area contributed by atoms with Gasteiger partial charge in [0.2, 0.25) is 0 Å². The monoisotopic (exact) mass is 236 g/mol. The van der Waals surface area contributed by atoms with Crippen LogP contribution in [-0.4, -0.2) is 21.0 Å². The highest BCUT2D eigenvalue weighted by atomic mass is 19.4. The minimum Gasteiger partial charge on any atom is -0.477 e. The first-order valence-electron chi connectivity index (χ1n) is 3.69. The summed E-state index contributed by atoms with van der Waals surface area (Å²) in [6, 6.07) is 0.868. The highest BCUT2D eigenvalue weighted by Crippen LogP contribution is 2.29. The summed E-state index contributed by atoms with van der Waals surface area (Å²) in [5.74, 6) is -3.05. The maximum Gasteiger partial charge on any atom is 0.457 e. The van der Waals surface area contributed by atoms with E-state index >= 15 is 0 Å². The second-order valence-corrected chi connectivity index (χ2v) is 2.63. The van der Waals surface area contributed by atoms with Crippen molar-refractivity contribution in [1.82, 2.24) is 4.98 Å². The third-order valence-electron chi connectivity index (χ3n) is 1.57. The standard InChI is InChI=1S/C7H3F3N2O4/c8-7(9,10)4-2-1-3(6(13)14)5(11-4)12(15)16/h1-2H,(H,13,14). The molecule has 1 aromatic rings. The molecule has 0 spiro atoms. The molecule has 0 saturated carbocycles. The van der Waals surface area contributed by atoms with Gasteiger partial charge in [-0.05, 0) is 22.0 Å². The quantitative estimate of drug-likeness (QED) is 0.623. The molecular formula is C7H3F3N2O4. The van der Waals surface area contributed by atoms with Gasteiger partial charge in [-0.2, -0.15) is 13.2 Å². The normalized spacial score (nSPS) is 11.2. The Labute approximate surface area is 85.5 Å². The first kappa shape index (κ1) is 11.9. The summed E-state index contributed by atoms with van der Waals surface area (Å²) in [5, 5.41) is 18.8. The molecule has 0 aromatic carbocycles. The molecule has 0 atom stereocenters. The van der Waals surface area contributed by atoms with Crippen molar-refractivity contribution in [1.29, 1.82) is 0 Å². The lowest BCUT2D eigenvalue weighted by atomic mass is 10.2. The number of hydrogen-bond acceptors (Lipinski definition) is 4. The summed E-state index contributed by atoms with van der Waals surface area (Å²) in [6.45, 7) is 0. The second kappa shape index (κ2) is 3.76. The molecule has 0 aliphatic carbocycles. The van der Waals surface area contributed by atoms with Gasteiger partial charge in [-0.1, -0.05) is 0 Å². The molecule has 1 rings (SSSR count). The summed E-state index contributed by atoms with van der Waals surface area (Å²) in [4.78, 5) is 22.2. The highest BCUT2D eigenvalue weighted by Gasteiger charge is 2.39. The first-order chi connectivity index (χ1) is 7.23. The number of aromatic carboxylic acids is 1. The largest absolute Gasteiger partial charge is 0.477 e. The third-order valence-corrected chi connectivity index (χ3v) is 1.57. The SMILES string of the molecule is O=C(O)c1ccc(C(F)(F)F)nc1[N+](=O)[O-]. The van der Waals surface area contributed by atoms with Crippen molar-refractivity contribution in [3.8, 4) is 0 Å². The number of carboxylic acid groups (broad SMARTS) is 1. The first-order valence-corrected chi connectivity index (χ1v) is 3.69. The van der Waals surface area contributed by atoms with Crippen molar-refractivity contribution in [2.75, 3.05) is 0 Å². The van der Waals surface area contributed by atoms with E-state index in [9.17, 15) is 28.1 Å². The molecule has 16 heavy (non-hydrogen) atoms. The van der Waals surface area contributed by atoms with Crippen LogP contribution < -0.4 is 0 Å². The number of nitro groups is 1. The number of hydrogen-bond donors (Lipinski definition) is 1. The van der Waals surface area contributed by atoms with Crippen LogP contribution in [0.3, 0.4) is 0 Å². The van der Waals surface area contributed by atoms with Gasteiger partial charge in [0.05, 0.1) is 0 Å². The van der Waals surface area contributed by atoms with Crippen LogP contribution in [0.5, 0.6) is 0 Å². The van der Waals surface area contributed by atoms with Crippen LogP contribution in [0.2, 0.25) is 0 Å². The van der Waals surface area contributed by atoms with Crippen molar-refractivity contribution in [2.24, 2.45) is 0 Å². The van der Waals surface area contributed by atoms with Crippen LogP contribution in [0.1, 0.15) is 16.1 Å². The van der Waals surface area contributed by atoms with E-state index in [1.54, 1.807) is 0 Å². The van der Waals surface area contributed by atoms with Crippen LogP contribution in [-0.2, 0) is 6.18 Å². The summed E-state index contributed by atoms with van der Waals surface area (Å²) < 4.78 is 36.4. The van der Waals surface area contributed by atoms with Gasteiger partial charge in [0.25, 0.3) is 5.69 Å². The van der Waals surface area contributed by atoms with E-state index in [1.165, 1.54) is 0 Å². The minimum atomic E-state index is -4.86. The summed E-state index contributed by atoms with van der Waals surface area (Å²) in [6.07, 6.45) is -4.86. The summed E-state index contributed by atoms with van der Waals surface area (Å²) in [7, 11) is 0. The highest BCUT2D eigenvalue weighted by molar-refractivity contribution is 5.91. The van der Waals surface area contributed by atoms with Crippen LogP contribution in [0.4, 0.5) is 19.0 Å². The molecule has 0 radical (unpaired) electrons. The molecule has 0 unspecified atom stereocenters. The Kier molecular flexibility index (Phi) is 2.79. The zero-order valence-corrected chi connectivity index (χ0v) is 7.35. The van der Waals surface area contributed by atoms with Crippen molar-refractivity contribution in [2.45, 2.75) is 6.18 Å². The summed E-state index contributed by atoms with van der Waals surface area (Å²) in [5.41, 5.74) is -2.40. The lowest BCUT2D eigenvalue weighted by Gasteiger charge is -2.02.